The molecule has 1 N–H and O–H groups in total. The van der Waals surface area contributed by atoms with E-state index >= 15 is 0 Å². The lowest BCUT2D eigenvalue weighted by Crippen LogP contribution is -2.12. The molecule has 2 aromatic carbocycles. The van der Waals surface area contributed by atoms with Gasteiger partial charge >= 0.3 is 0 Å². The van der Waals surface area contributed by atoms with Gasteiger partial charge in [0.15, 0.2) is 0 Å². The van der Waals surface area contributed by atoms with Crippen molar-refractivity contribution in [2.75, 3.05) is 5.32 Å². The summed E-state index contributed by atoms with van der Waals surface area (Å²) in [7, 11) is 0. The first-order valence-electron chi connectivity index (χ1n) is 8.03. The van der Waals surface area contributed by atoms with Crippen LogP contribution in [0.25, 0.3) is 0 Å². The van der Waals surface area contributed by atoms with E-state index in [0.717, 1.165) is 17.0 Å². The van der Waals surface area contributed by atoms with Gasteiger partial charge in [-0.25, -0.2) is 0 Å². The van der Waals surface area contributed by atoms with Gasteiger partial charge in [0.25, 0.3) is 5.91 Å². The highest BCUT2D eigenvalue weighted by molar-refractivity contribution is 6.04. The first-order chi connectivity index (χ1) is 12.6. The number of amides is 1. The third-order valence-corrected chi connectivity index (χ3v) is 3.98. The Morgan fingerprint density at radius 3 is 2.58 bits per heavy atom. The lowest BCUT2D eigenvalue weighted by Gasteiger charge is -2.09. The van der Waals surface area contributed by atoms with E-state index in [9.17, 15) is 4.79 Å². The molecule has 0 spiro atoms. The second-order valence-electron chi connectivity index (χ2n) is 5.73. The van der Waals surface area contributed by atoms with Crippen LogP contribution in [0, 0.1) is 25.2 Å². The van der Waals surface area contributed by atoms with Gasteiger partial charge in [-0.2, -0.15) is 5.26 Å². The Balaban J connectivity index is 1.65. The first-order valence-corrected chi connectivity index (χ1v) is 8.03. The molecule has 6 heteroatoms. The summed E-state index contributed by atoms with van der Waals surface area (Å²) in [4.78, 5) is 12.3. The van der Waals surface area contributed by atoms with E-state index in [-0.39, 0.29) is 5.91 Å². The number of anilines is 1. The van der Waals surface area contributed by atoms with Crippen LogP contribution < -0.4 is 10.1 Å². The lowest BCUT2D eigenvalue weighted by molar-refractivity contribution is 0.102. The van der Waals surface area contributed by atoms with Crippen molar-refractivity contribution in [3.8, 4) is 11.8 Å². The molecule has 0 aliphatic heterocycles. The molecular formula is C20H17N3O3. The van der Waals surface area contributed by atoms with Crippen molar-refractivity contribution >= 4 is 11.6 Å². The fourth-order valence-electron chi connectivity index (χ4n) is 2.45. The van der Waals surface area contributed by atoms with E-state index in [1.165, 1.54) is 0 Å². The normalized spacial score (nSPS) is 10.2. The molecule has 0 aliphatic carbocycles. The molecule has 0 bridgehead atoms. The number of nitriles is 1. The zero-order valence-electron chi connectivity index (χ0n) is 14.4. The van der Waals surface area contributed by atoms with Crippen molar-refractivity contribution in [2.24, 2.45) is 0 Å². The standard InChI is InChI=1S/C20H17N3O3/c1-13-18(14(2)26-23-13)12-25-17-9-7-15(8-10-17)20(24)22-19-6-4-3-5-16(19)11-21/h3-10H,12H2,1-2H3,(H,22,24). The van der Waals surface area contributed by atoms with Crippen LogP contribution in [0.2, 0.25) is 0 Å². The quantitative estimate of drug-likeness (QED) is 0.754. The molecule has 6 nitrogen and oxygen atoms in total. The molecular weight excluding hydrogens is 330 g/mol. The van der Waals surface area contributed by atoms with Gasteiger partial charge in [-0.1, -0.05) is 17.3 Å². The molecule has 3 aromatic rings. The molecule has 1 amide bonds. The average molecular weight is 347 g/mol. The van der Waals surface area contributed by atoms with Crippen molar-refractivity contribution in [1.29, 1.82) is 5.26 Å². The summed E-state index contributed by atoms with van der Waals surface area (Å²) in [5.74, 6) is 1.08. The summed E-state index contributed by atoms with van der Waals surface area (Å²) in [6.45, 7) is 4.05. The highest BCUT2D eigenvalue weighted by Crippen LogP contribution is 2.19. The highest BCUT2D eigenvalue weighted by atomic mass is 16.5. The van der Waals surface area contributed by atoms with Crippen molar-refractivity contribution in [1.82, 2.24) is 5.16 Å². The fourth-order valence-corrected chi connectivity index (χ4v) is 2.45. The Hall–Kier alpha value is -3.59. The van der Waals surface area contributed by atoms with Crippen molar-refractivity contribution in [2.45, 2.75) is 20.5 Å². The third-order valence-electron chi connectivity index (χ3n) is 3.98. The number of ether oxygens (including phenoxy) is 1. The molecule has 0 saturated carbocycles. The number of carbonyl (C=O) groups is 1. The summed E-state index contributed by atoms with van der Waals surface area (Å²) in [5, 5.41) is 15.7. The number of rotatable bonds is 5. The number of hydrogen-bond acceptors (Lipinski definition) is 5. The zero-order chi connectivity index (χ0) is 18.5. The van der Waals surface area contributed by atoms with Crippen LogP contribution in [0.3, 0.4) is 0 Å². The Bertz CT molecular complexity index is 949. The highest BCUT2D eigenvalue weighted by Gasteiger charge is 2.11. The minimum Gasteiger partial charge on any atom is -0.489 e. The molecule has 1 heterocycles. The Morgan fingerprint density at radius 2 is 1.92 bits per heavy atom. The van der Waals surface area contributed by atoms with Gasteiger partial charge in [0.1, 0.15) is 24.2 Å². The minimum atomic E-state index is -0.287. The number of carbonyl (C=O) groups excluding carboxylic acids is 1. The lowest BCUT2D eigenvalue weighted by atomic mass is 10.1. The molecule has 1 aromatic heterocycles. The molecule has 0 fully saturated rings. The average Bonchev–Trinajstić information content (AvgIpc) is 2.98. The number of aryl methyl sites for hydroxylation is 2. The summed E-state index contributed by atoms with van der Waals surface area (Å²) in [6, 6.07) is 15.7. The minimum absolute atomic E-state index is 0.287. The number of nitrogens with one attached hydrogen (secondary N) is 1. The van der Waals surface area contributed by atoms with E-state index in [1.807, 2.05) is 13.8 Å². The number of nitrogens with zero attached hydrogens (tertiary/aromatic N) is 2. The van der Waals surface area contributed by atoms with Gasteiger partial charge in [0.05, 0.1) is 22.5 Å². The van der Waals surface area contributed by atoms with Gasteiger partial charge in [0, 0.05) is 5.56 Å². The molecule has 3 rings (SSSR count). The molecule has 0 aliphatic rings. The van der Waals surface area contributed by atoms with E-state index in [0.29, 0.717) is 29.2 Å². The van der Waals surface area contributed by atoms with Gasteiger partial charge in [-0.05, 0) is 50.2 Å². The predicted molar refractivity (Wildman–Crippen MR) is 95.9 cm³/mol. The van der Waals surface area contributed by atoms with Crippen molar-refractivity contribution in [3.05, 3.63) is 76.7 Å². The van der Waals surface area contributed by atoms with Crippen LogP contribution in [0.5, 0.6) is 5.75 Å². The smallest absolute Gasteiger partial charge is 0.255 e. The number of benzene rings is 2. The second-order valence-corrected chi connectivity index (χ2v) is 5.73. The Kier molecular flexibility index (Phi) is 4.99. The topological polar surface area (TPSA) is 88.2 Å². The summed E-state index contributed by atoms with van der Waals surface area (Å²) >= 11 is 0. The van der Waals surface area contributed by atoms with Gasteiger partial charge in [-0.3, -0.25) is 4.79 Å². The number of aromatic nitrogens is 1. The van der Waals surface area contributed by atoms with Crippen LogP contribution in [0.15, 0.2) is 53.1 Å². The monoisotopic (exact) mass is 347 g/mol. The van der Waals surface area contributed by atoms with Crippen LogP contribution in [-0.4, -0.2) is 11.1 Å². The van der Waals surface area contributed by atoms with Gasteiger partial charge in [0.2, 0.25) is 0 Å². The zero-order valence-corrected chi connectivity index (χ0v) is 14.4. The maximum atomic E-state index is 12.3. The molecule has 0 saturated heterocycles. The summed E-state index contributed by atoms with van der Waals surface area (Å²) < 4.78 is 10.8. The SMILES string of the molecule is Cc1noc(C)c1COc1ccc(C(=O)Nc2ccccc2C#N)cc1. The first kappa shape index (κ1) is 17.2. The summed E-state index contributed by atoms with van der Waals surface area (Å²) in [5.41, 5.74) is 3.09. The number of hydrogen-bond donors (Lipinski definition) is 1. The predicted octanol–water partition coefficient (Wildman–Crippen LogP) is 3.99. The molecule has 0 unspecified atom stereocenters. The Morgan fingerprint density at radius 1 is 1.19 bits per heavy atom. The van der Waals surface area contributed by atoms with Crippen molar-refractivity contribution < 1.29 is 14.1 Å². The van der Waals surface area contributed by atoms with Gasteiger partial charge in [-0.15, -0.1) is 0 Å². The summed E-state index contributed by atoms with van der Waals surface area (Å²) in [6.07, 6.45) is 0. The van der Waals surface area contributed by atoms with E-state index in [1.54, 1.807) is 48.5 Å². The Labute approximate surface area is 151 Å². The van der Waals surface area contributed by atoms with Crippen LogP contribution >= 0.6 is 0 Å². The fraction of sp³-hybridized carbons (Fsp3) is 0.150. The van der Waals surface area contributed by atoms with E-state index < -0.39 is 0 Å². The second kappa shape index (κ2) is 7.53. The third kappa shape index (κ3) is 3.73. The van der Waals surface area contributed by atoms with Crippen LogP contribution in [0.4, 0.5) is 5.69 Å². The molecule has 26 heavy (non-hydrogen) atoms. The number of para-hydroxylation sites is 1. The van der Waals surface area contributed by atoms with Crippen LogP contribution in [-0.2, 0) is 6.61 Å². The van der Waals surface area contributed by atoms with Crippen molar-refractivity contribution in [3.63, 3.8) is 0 Å². The van der Waals surface area contributed by atoms with Crippen LogP contribution in [0.1, 0.15) is 32.9 Å². The van der Waals surface area contributed by atoms with E-state index in [2.05, 4.69) is 16.5 Å². The van der Waals surface area contributed by atoms with Gasteiger partial charge < -0.3 is 14.6 Å². The van der Waals surface area contributed by atoms with E-state index in [4.69, 9.17) is 14.5 Å². The maximum absolute atomic E-state index is 12.3. The largest absolute Gasteiger partial charge is 0.489 e. The maximum Gasteiger partial charge on any atom is 0.255 e. The molecule has 0 radical (unpaired) electrons. The molecule has 0 atom stereocenters. The molecule has 130 valence electrons.